The van der Waals surface area contributed by atoms with E-state index in [1.165, 1.54) is 29.7 Å². The first-order chi connectivity index (χ1) is 13.0. The Bertz CT molecular complexity index is 900. The minimum absolute atomic E-state index is 0.00377. The molecule has 1 N–H and O–H groups in total. The van der Waals surface area contributed by atoms with Crippen LogP contribution in [0.4, 0.5) is 0 Å². The number of hydrogen-bond acceptors (Lipinski definition) is 5. The topological polar surface area (TPSA) is 66.1 Å². The first-order valence-corrected chi connectivity index (χ1v) is 11.9. The number of carbonyl (C=O) groups is 1. The molecular weight excluding hydrogens is 378 g/mol. The van der Waals surface area contributed by atoms with E-state index >= 15 is 0 Å². The highest BCUT2D eigenvalue weighted by molar-refractivity contribution is 7.98. The molecule has 4 rings (SSSR count). The largest absolute Gasteiger partial charge is 0.343 e. The lowest BCUT2D eigenvalue weighted by molar-refractivity contribution is -0.131. The molecule has 2 aromatic rings. The molecule has 5 nitrogen and oxygen atoms in total. The highest BCUT2D eigenvalue weighted by Crippen LogP contribution is 2.35. The molecule has 0 aromatic carbocycles. The number of thiophene rings is 1. The molecule has 27 heavy (non-hydrogen) atoms. The standard InChI is InChI=1S/C20H27N3O2S2/c1-12(13-7-8-13)23(2)17(24)9-10-26-11-16-21-19(25)18-14-5-3-4-6-15(14)27-20(18)22-16/h12-13H,3-11H2,1-2H3,(H,21,22,25). The molecule has 0 aliphatic heterocycles. The predicted molar refractivity (Wildman–Crippen MR) is 113 cm³/mol. The normalized spacial score (nSPS) is 17.7. The summed E-state index contributed by atoms with van der Waals surface area (Å²) < 4.78 is 0. The molecule has 1 amide bonds. The Hall–Kier alpha value is -1.34. The number of H-pyrrole nitrogens is 1. The van der Waals surface area contributed by atoms with Crippen LogP contribution in [0.5, 0.6) is 0 Å². The second-order valence-electron chi connectivity index (χ2n) is 7.79. The second kappa shape index (κ2) is 7.95. The van der Waals surface area contributed by atoms with Crippen LogP contribution in [0.25, 0.3) is 10.2 Å². The number of rotatable bonds is 7. The van der Waals surface area contributed by atoms with Gasteiger partial charge < -0.3 is 9.88 Å². The molecule has 0 radical (unpaired) electrons. The van der Waals surface area contributed by atoms with Crippen LogP contribution in [-0.4, -0.2) is 39.6 Å². The molecule has 0 spiro atoms. The number of nitrogens with one attached hydrogen (secondary N) is 1. The number of aromatic amines is 1. The third kappa shape index (κ3) is 4.09. The zero-order valence-electron chi connectivity index (χ0n) is 16.0. The zero-order valence-corrected chi connectivity index (χ0v) is 17.7. The maximum Gasteiger partial charge on any atom is 0.259 e. The third-order valence-electron chi connectivity index (χ3n) is 5.88. The summed E-state index contributed by atoms with van der Waals surface area (Å²) in [5.41, 5.74) is 1.23. The Morgan fingerprint density at radius 3 is 2.93 bits per heavy atom. The van der Waals surface area contributed by atoms with Gasteiger partial charge >= 0.3 is 0 Å². The summed E-state index contributed by atoms with van der Waals surface area (Å²) in [5.74, 6) is 3.03. The van der Waals surface area contributed by atoms with E-state index in [2.05, 4.69) is 11.9 Å². The quantitative estimate of drug-likeness (QED) is 0.713. The summed E-state index contributed by atoms with van der Waals surface area (Å²) in [7, 11) is 1.92. The molecule has 1 fully saturated rings. The van der Waals surface area contributed by atoms with Gasteiger partial charge in [0.15, 0.2) is 0 Å². The summed E-state index contributed by atoms with van der Waals surface area (Å²) in [6, 6.07) is 0.354. The van der Waals surface area contributed by atoms with Gasteiger partial charge in [-0.15, -0.1) is 11.3 Å². The molecule has 0 saturated heterocycles. The molecule has 2 aliphatic rings. The lowest BCUT2D eigenvalue weighted by atomic mass is 9.97. The van der Waals surface area contributed by atoms with Crippen molar-refractivity contribution in [2.24, 2.45) is 5.92 Å². The number of aryl methyl sites for hydroxylation is 2. The number of amides is 1. The fourth-order valence-corrected chi connectivity index (χ4v) is 5.98. The summed E-state index contributed by atoms with van der Waals surface area (Å²) in [5, 5.41) is 0.814. The van der Waals surface area contributed by atoms with E-state index in [0.29, 0.717) is 24.1 Å². The Kier molecular flexibility index (Phi) is 5.60. The van der Waals surface area contributed by atoms with Crippen LogP contribution in [0, 0.1) is 5.92 Å². The molecule has 2 aromatic heterocycles. The van der Waals surface area contributed by atoms with Crippen molar-refractivity contribution in [3.8, 4) is 0 Å². The molecule has 1 atom stereocenters. The maximum absolute atomic E-state index is 12.5. The van der Waals surface area contributed by atoms with Gasteiger partial charge in [0.05, 0.1) is 11.1 Å². The molecule has 146 valence electrons. The van der Waals surface area contributed by atoms with Crippen molar-refractivity contribution in [3.63, 3.8) is 0 Å². The summed E-state index contributed by atoms with van der Waals surface area (Å²) >= 11 is 3.35. The van der Waals surface area contributed by atoms with Gasteiger partial charge in [-0.3, -0.25) is 9.59 Å². The van der Waals surface area contributed by atoms with Crippen LogP contribution in [0.3, 0.4) is 0 Å². The van der Waals surface area contributed by atoms with Gasteiger partial charge in [0.2, 0.25) is 5.91 Å². The van der Waals surface area contributed by atoms with Gasteiger partial charge in [0.1, 0.15) is 10.7 Å². The molecular formula is C20H27N3O2S2. The van der Waals surface area contributed by atoms with E-state index in [4.69, 9.17) is 4.98 Å². The van der Waals surface area contributed by atoms with Crippen LogP contribution in [0.2, 0.25) is 0 Å². The average Bonchev–Trinajstić information content (AvgIpc) is 3.44. The van der Waals surface area contributed by atoms with Crippen LogP contribution in [-0.2, 0) is 23.4 Å². The van der Waals surface area contributed by atoms with Crippen molar-refractivity contribution in [3.05, 3.63) is 26.6 Å². The number of nitrogens with zero attached hydrogens (tertiary/aromatic N) is 2. The van der Waals surface area contributed by atoms with Gasteiger partial charge in [-0.1, -0.05) is 0 Å². The Morgan fingerprint density at radius 1 is 1.37 bits per heavy atom. The van der Waals surface area contributed by atoms with Crippen LogP contribution >= 0.6 is 23.1 Å². The van der Waals surface area contributed by atoms with Gasteiger partial charge in [-0.2, -0.15) is 11.8 Å². The summed E-state index contributed by atoms with van der Waals surface area (Å²) in [6.07, 6.45) is 7.50. The van der Waals surface area contributed by atoms with E-state index in [9.17, 15) is 9.59 Å². The first kappa shape index (κ1) is 19.0. The lowest BCUT2D eigenvalue weighted by Crippen LogP contribution is -2.36. The van der Waals surface area contributed by atoms with Gasteiger partial charge in [-0.25, -0.2) is 4.98 Å². The Morgan fingerprint density at radius 2 is 2.15 bits per heavy atom. The van der Waals surface area contributed by atoms with Gasteiger partial charge in [-0.05, 0) is 56.9 Å². The molecule has 1 unspecified atom stereocenters. The number of fused-ring (bicyclic) bond motifs is 3. The van der Waals surface area contributed by atoms with E-state index < -0.39 is 0 Å². The van der Waals surface area contributed by atoms with Crippen LogP contribution in [0.15, 0.2) is 4.79 Å². The highest BCUT2D eigenvalue weighted by Gasteiger charge is 2.32. The van der Waals surface area contributed by atoms with Crippen LogP contribution < -0.4 is 5.56 Å². The first-order valence-electron chi connectivity index (χ1n) is 9.91. The molecule has 2 aliphatic carbocycles. The van der Waals surface area contributed by atoms with E-state index in [-0.39, 0.29) is 11.5 Å². The monoisotopic (exact) mass is 405 g/mol. The smallest absolute Gasteiger partial charge is 0.259 e. The van der Waals surface area contributed by atoms with Crippen molar-refractivity contribution < 1.29 is 4.79 Å². The SMILES string of the molecule is CC(C1CC1)N(C)C(=O)CCSCc1nc2sc3c(c2c(=O)[nH]1)CCCC3. The van der Waals surface area contributed by atoms with E-state index in [1.807, 2.05) is 11.9 Å². The number of hydrogen-bond donors (Lipinski definition) is 1. The summed E-state index contributed by atoms with van der Waals surface area (Å²) in [6.45, 7) is 2.15. The number of carbonyl (C=O) groups excluding carboxylic acids is 1. The van der Waals surface area contributed by atoms with Gasteiger partial charge in [0, 0.05) is 30.1 Å². The highest BCUT2D eigenvalue weighted by atomic mass is 32.2. The van der Waals surface area contributed by atoms with Crippen molar-refractivity contribution in [1.29, 1.82) is 0 Å². The second-order valence-corrected chi connectivity index (χ2v) is 9.98. The van der Waals surface area contributed by atoms with Gasteiger partial charge in [0.25, 0.3) is 5.56 Å². The Balaban J connectivity index is 1.34. The van der Waals surface area contributed by atoms with E-state index in [1.54, 1.807) is 23.1 Å². The van der Waals surface area contributed by atoms with Crippen molar-refractivity contribution >= 4 is 39.2 Å². The van der Waals surface area contributed by atoms with Crippen molar-refractivity contribution in [2.45, 2.75) is 63.7 Å². The minimum atomic E-state index is 0.00377. The number of aromatic nitrogens is 2. The molecule has 1 saturated carbocycles. The predicted octanol–water partition coefficient (Wildman–Crippen LogP) is 3.74. The van der Waals surface area contributed by atoms with E-state index in [0.717, 1.165) is 41.1 Å². The summed E-state index contributed by atoms with van der Waals surface area (Å²) in [4.78, 5) is 36.7. The fourth-order valence-electron chi connectivity index (χ4n) is 3.90. The maximum atomic E-state index is 12.5. The molecule has 0 bridgehead atoms. The average molecular weight is 406 g/mol. The lowest BCUT2D eigenvalue weighted by Gasteiger charge is -2.24. The Labute approximate surface area is 167 Å². The molecule has 2 heterocycles. The minimum Gasteiger partial charge on any atom is -0.343 e. The van der Waals surface area contributed by atoms with Crippen molar-refractivity contribution in [2.75, 3.05) is 12.8 Å². The van der Waals surface area contributed by atoms with Crippen molar-refractivity contribution in [1.82, 2.24) is 14.9 Å². The third-order valence-corrected chi connectivity index (χ3v) is 8.04. The fraction of sp³-hybridized carbons (Fsp3) is 0.650. The number of thioether (sulfide) groups is 1. The zero-order chi connectivity index (χ0) is 19.0. The molecule has 7 heteroatoms. The van der Waals surface area contributed by atoms with Crippen LogP contribution in [0.1, 0.15) is 55.3 Å².